The van der Waals surface area contributed by atoms with Crippen molar-refractivity contribution in [1.29, 1.82) is 0 Å². The molecule has 0 aliphatic heterocycles. The van der Waals surface area contributed by atoms with Gasteiger partial charge < -0.3 is 0 Å². The summed E-state index contributed by atoms with van der Waals surface area (Å²) in [4.78, 5) is 0. The van der Waals surface area contributed by atoms with Gasteiger partial charge in [-0.1, -0.05) is 11.8 Å². The smallest absolute Gasteiger partial charge is 0.0289 e. The monoisotopic (exact) mass is 544 g/mol. The maximum atomic E-state index is 5.50. The molecule has 0 amide bonds. The molecule has 8 atom stereocenters. The molecule has 0 saturated carbocycles. The van der Waals surface area contributed by atoms with Gasteiger partial charge in [0.2, 0.25) is 0 Å². The first-order valence-corrected chi connectivity index (χ1v) is 32.8. The Bertz CT molecular complexity index is 180. The van der Waals surface area contributed by atoms with E-state index in [0.29, 0.717) is 0 Å². The van der Waals surface area contributed by atoms with E-state index in [1.54, 1.807) is 0 Å². The highest BCUT2D eigenvalue weighted by atomic mass is 33.4. The lowest BCUT2D eigenvalue weighted by atomic mass is 28.6. The zero-order chi connectivity index (χ0) is 13.7. The molecule has 0 fully saturated rings. The fourth-order valence-electron chi connectivity index (χ4n) is 0.745. The van der Waals surface area contributed by atoms with Crippen molar-refractivity contribution < 1.29 is 0 Å². The van der Waals surface area contributed by atoms with Crippen molar-refractivity contribution in [2.75, 3.05) is 0 Å². The minimum atomic E-state index is 0.00985. The fourth-order valence-corrected chi connectivity index (χ4v) is 181. The Morgan fingerprint density at radius 3 is 0.941 bits per heavy atom. The number of hydrogen-bond acceptors (Lipinski definition) is 1. The first-order valence-electron chi connectivity index (χ1n) is 3.65. The summed E-state index contributed by atoms with van der Waals surface area (Å²) in [6.45, 7) is 0.244. The standard InChI is InChI=1S/H16P16S/c1-10(2)15(11(3)4)14(9-17)16(12(5)6)13(7)8/h1-8H2. The van der Waals surface area contributed by atoms with Gasteiger partial charge in [-0.15, -0.1) is 71.4 Å². The molecule has 8 unspecified atom stereocenters. The SMILES string of the molecule is PP(P)P(P(P)P)P(P=S)P(P(P)P)P(P)P. The molecule has 0 radical (unpaired) electrons. The van der Waals surface area contributed by atoms with Crippen LogP contribution in [0, 0.1) is 0 Å². The van der Waals surface area contributed by atoms with Gasteiger partial charge in [-0.05, 0) is 41.9 Å². The van der Waals surface area contributed by atoms with E-state index in [4.69, 9.17) is 11.8 Å². The zero-order valence-electron chi connectivity index (χ0n) is 8.60. The number of rotatable bonds is 7. The highest BCUT2D eigenvalue weighted by molar-refractivity contribution is 9.30. The van der Waals surface area contributed by atoms with Crippen LogP contribution in [-0.2, 0) is 11.8 Å². The van der Waals surface area contributed by atoms with Gasteiger partial charge in [-0.3, -0.25) is 0 Å². The zero-order valence-corrected chi connectivity index (χ0v) is 25.8. The Balaban J connectivity index is 5.18. The van der Waals surface area contributed by atoms with Crippen molar-refractivity contribution in [3.8, 4) is 0 Å². The third-order valence-corrected chi connectivity index (χ3v) is 98.8. The summed E-state index contributed by atoms with van der Waals surface area (Å²) >= 11 is 5.50. The average molecular weight is 544 g/mol. The Hall–Kier alpha value is 6.97. The van der Waals surface area contributed by atoms with E-state index in [9.17, 15) is 0 Å². The van der Waals surface area contributed by atoms with Crippen LogP contribution in [-0.4, -0.2) is 0 Å². The molecule has 0 N–H and O–H groups in total. The Morgan fingerprint density at radius 1 is 0.588 bits per heavy atom. The fraction of sp³-hybridized carbons (Fsp3) is 0. The molecular formula is H16P16S. The van der Waals surface area contributed by atoms with Gasteiger partial charge in [0.25, 0.3) is 0 Å². The van der Waals surface area contributed by atoms with Crippen LogP contribution in [0.25, 0.3) is 0 Å². The Labute approximate surface area is 138 Å². The molecule has 17 heteroatoms. The molecule has 0 saturated heterocycles. The summed E-state index contributed by atoms with van der Waals surface area (Å²) in [6, 6.07) is 0. The Morgan fingerprint density at radius 2 is 0.824 bits per heavy atom. The summed E-state index contributed by atoms with van der Waals surface area (Å²) in [5.41, 5.74) is 0. The normalized spacial score (nSPS) is 13.6. The van der Waals surface area contributed by atoms with Gasteiger partial charge in [-0.25, -0.2) is 0 Å². The van der Waals surface area contributed by atoms with Crippen LogP contribution in [0.15, 0.2) is 0 Å². The lowest BCUT2D eigenvalue weighted by Gasteiger charge is -2.38. The van der Waals surface area contributed by atoms with Gasteiger partial charge in [0.1, 0.15) is 0 Å². The second-order valence-electron chi connectivity index (χ2n) is 2.41. The third kappa shape index (κ3) is 9.29. The molecule has 0 aromatic rings. The highest BCUT2D eigenvalue weighted by Crippen LogP contribution is 3.23. The van der Waals surface area contributed by atoms with Crippen LogP contribution in [0.2, 0.25) is 0 Å². The van der Waals surface area contributed by atoms with Crippen molar-refractivity contribution >= 4 is 139 Å². The molecule has 0 aromatic heterocycles. The van der Waals surface area contributed by atoms with E-state index in [1.165, 1.54) is 7.04 Å². The van der Waals surface area contributed by atoms with E-state index < -0.39 is 0 Å². The molecular weight excluding hydrogens is 528 g/mol. The predicted molar refractivity (Wildman–Crippen MR) is 140 cm³/mol. The van der Waals surface area contributed by atoms with Crippen LogP contribution in [0.1, 0.15) is 0 Å². The minimum absolute atomic E-state index is 0.00985. The topological polar surface area (TPSA) is 0 Å². The lowest BCUT2D eigenvalue weighted by Crippen LogP contribution is -1.51. The quantitative estimate of drug-likeness (QED) is 0.288. The maximum Gasteiger partial charge on any atom is 0.0289 e. The number of hydrogen-bond donors (Lipinski definition) is 0. The van der Waals surface area contributed by atoms with Crippen molar-refractivity contribution in [2.24, 2.45) is 0 Å². The first kappa shape index (κ1) is 24.0. The Kier molecular flexibility index (Phi) is 18.6. The van der Waals surface area contributed by atoms with E-state index >= 15 is 0 Å². The minimum Gasteiger partial charge on any atom is -0.102 e. The van der Waals surface area contributed by atoms with Gasteiger partial charge >= 0.3 is 0 Å². The molecule has 0 nitrogen and oxygen atoms in total. The third-order valence-electron chi connectivity index (χ3n) is 1.22. The lowest BCUT2D eigenvalue weighted by molar-refractivity contribution is 4.56. The summed E-state index contributed by atoms with van der Waals surface area (Å²) < 4.78 is 0. The van der Waals surface area contributed by atoms with E-state index in [2.05, 4.69) is 71.4 Å². The molecule has 17 heavy (non-hydrogen) atoms. The summed E-state index contributed by atoms with van der Waals surface area (Å²) in [5, 5.41) is 0. The van der Waals surface area contributed by atoms with Gasteiger partial charge in [0.15, 0.2) is 0 Å². The summed E-state index contributed by atoms with van der Waals surface area (Å²) in [7, 11) is 25.7. The van der Waals surface area contributed by atoms with Crippen LogP contribution in [0.3, 0.4) is 0 Å². The van der Waals surface area contributed by atoms with Crippen molar-refractivity contribution in [1.82, 2.24) is 0 Å². The summed E-state index contributed by atoms with van der Waals surface area (Å²) in [6.07, 6.45) is 0. The van der Waals surface area contributed by atoms with Crippen molar-refractivity contribution in [3.05, 3.63) is 0 Å². The van der Waals surface area contributed by atoms with Crippen molar-refractivity contribution in [3.63, 3.8) is 0 Å². The highest BCUT2D eigenvalue weighted by Gasteiger charge is 2.36. The van der Waals surface area contributed by atoms with Crippen molar-refractivity contribution in [2.45, 2.75) is 0 Å². The predicted octanol–water partition coefficient (Wildman–Crippen LogP) is 9.49. The van der Waals surface area contributed by atoms with E-state index in [-0.39, 0.29) is 48.9 Å². The second kappa shape index (κ2) is 13.2. The largest absolute Gasteiger partial charge is 0.102 e. The van der Waals surface area contributed by atoms with Crippen LogP contribution in [0.4, 0.5) is 0 Å². The van der Waals surface area contributed by atoms with E-state index in [1.807, 2.05) is 0 Å². The van der Waals surface area contributed by atoms with Gasteiger partial charge in [-0.2, -0.15) is 0 Å². The molecule has 0 spiro atoms. The van der Waals surface area contributed by atoms with Crippen LogP contribution >= 0.6 is 127 Å². The van der Waals surface area contributed by atoms with Gasteiger partial charge in [0.05, 0.1) is 0 Å². The van der Waals surface area contributed by atoms with Crippen LogP contribution < -0.4 is 0 Å². The first-order chi connectivity index (χ1) is 7.73. The maximum absolute atomic E-state index is 5.50. The van der Waals surface area contributed by atoms with E-state index in [0.717, 1.165) is 0 Å². The molecule has 0 aliphatic carbocycles. The molecule has 0 heterocycles. The molecule has 102 valence electrons. The molecule has 0 bridgehead atoms. The summed E-state index contributed by atoms with van der Waals surface area (Å²) in [5.74, 6) is 0. The molecule has 0 rings (SSSR count). The molecule has 0 aliphatic rings. The van der Waals surface area contributed by atoms with Crippen LogP contribution in [0.5, 0.6) is 0 Å². The average Bonchev–Trinajstić information content (AvgIpc) is 2.13. The van der Waals surface area contributed by atoms with Gasteiger partial charge in [0, 0.05) is 14.0 Å². The molecule has 0 aromatic carbocycles. The second-order valence-corrected chi connectivity index (χ2v) is 65.0.